The first-order valence-electron chi connectivity index (χ1n) is 6.39. The number of rotatable bonds is 4. The average Bonchev–Trinajstić information content (AvgIpc) is 2.49. The quantitative estimate of drug-likeness (QED) is 0.798. The summed E-state index contributed by atoms with van der Waals surface area (Å²) >= 11 is 0. The summed E-state index contributed by atoms with van der Waals surface area (Å²) in [5.74, 6) is 0. The van der Waals surface area contributed by atoms with Crippen molar-refractivity contribution in [2.24, 2.45) is 11.1 Å². The zero-order chi connectivity index (χ0) is 12.3. The first kappa shape index (κ1) is 13.9. The van der Waals surface area contributed by atoms with Crippen LogP contribution in [0.5, 0.6) is 0 Å². The molecular weight excluding hydrogens is 200 g/mol. The van der Waals surface area contributed by atoms with Gasteiger partial charge in [0.05, 0.1) is 12.2 Å². The van der Waals surface area contributed by atoms with Gasteiger partial charge in [-0.3, -0.25) is 4.90 Å². The van der Waals surface area contributed by atoms with Crippen LogP contribution in [0.1, 0.15) is 40.5 Å². The lowest BCUT2D eigenvalue weighted by Crippen LogP contribution is -2.49. The van der Waals surface area contributed by atoms with E-state index in [1.807, 2.05) is 0 Å². The number of hydrogen-bond donors (Lipinski definition) is 1. The molecule has 1 heterocycles. The molecule has 1 fully saturated rings. The number of nitrogens with two attached hydrogens (primary N) is 1. The molecule has 1 aliphatic rings. The largest absolute Gasteiger partial charge is 0.374 e. The molecule has 1 saturated heterocycles. The second kappa shape index (κ2) is 5.48. The number of hydrogen-bond acceptors (Lipinski definition) is 3. The molecule has 2 N–H and O–H groups in total. The topological polar surface area (TPSA) is 38.5 Å². The maximum Gasteiger partial charge on any atom is 0.0746 e. The summed E-state index contributed by atoms with van der Waals surface area (Å²) in [6.07, 6.45) is 3.05. The fourth-order valence-corrected chi connectivity index (χ4v) is 2.60. The Bertz CT molecular complexity index is 212. The van der Waals surface area contributed by atoms with Crippen LogP contribution in [0, 0.1) is 5.41 Å². The highest BCUT2D eigenvalue weighted by Gasteiger charge is 2.32. The first-order chi connectivity index (χ1) is 7.33. The van der Waals surface area contributed by atoms with Crippen molar-refractivity contribution >= 4 is 0 Å². The SMILES string of the molecule is CC1CCC(C(CN)N(C)CC(C)(C)C)O1. The third-order valence-corrected chi connectivity index (χ3v) is 3.23. The molecule has 3 unspecified atom stereocenters. The van der Waals surface area contributed by atoms with E-state index in [9.17, 15) is 0 Å². The van der Waals surface area contributed by atoms with E-state index in [2.05, 4.69) is 39.6 Å². The van der Waals surface area contributed by atoms with Gasteiger partial charge in [0.15, 0.2) is 0 Å². The molecule has 3 nitrogen and oxygen atoms in total. The van der Waals surface area contributed by atoms with E-state index in [1.54, 1.807) is 0 Å². The monoisotopic (exact) mass is 228 g/mol. The third kappa shape index (κ3) is 4.04. The van der Waals surface area contributed by atoms with Crippen molar-refractivity contribution in [3.63, 3.8) is 0 Å². The van der Waals surface area contributed by atoms with Crippen LogP contribution < -0.4 is 5.73 Å². The van der Waals surface area contributed by atoms with Crippen molar-refractivity contribution < 1.29 is 4.74 Å². The predicted octanol–water partition coefficient (Wildman–Crippen LogP) is 1.86. The molecule has 0 saturated carbocycles. The molecule has 0 aromatic heterocycles. The second-order valence-electron chi connectivity index (χ2n) is 6.34. The van der Waals surface area contributed by atoms with Crippen molar-refractivity contribution in [2.75, 3.05) is 20.1 Å². The summed E-state index contributed by atoms with van der Waals surface area (Å²) in [4.78, 5) is 2.36. The minimum atomic E-state index is 0.312. The van der Waals surface area contributed by atoms with Crippen LogP contribution in [0.15, 0.2) is 0 Å². The predicted molar refractivity (Wildman–Crippen MR) is 68.5 cm³/mol. The van der Waals surface area contributed by atoms with Crippen LogP contribution in [0.4, 0.5) is 0 Å². The Morgan fingerprint density at radius 3 is 2.38 bits per heavy atom. The van der Waals surface area contributed by atoms with Crippen LogP contribution in [0.2, 0.25) is 0 Å². The summed E-state index contributed by atoms with van der Waals surface area (Å²) < 4.78 is 5.93. The summed E-state index contributed by atoms with van der Waals surface area (Å²) in [6.45, 7) is 10.7. The van der Waals surface area contributed by atoms with E-state index in [-0.39, 0.29) is 0 Å². The van der Waals surface area contributed by atoms with Gasteiger partial charge in [-0.25, -0.2) is 0 Å². The van der Waals surface area contributed by atoms with Crippen LogP contribution in [-0.4, -0.2) is 43.3 Å². The molecule has 0 aliphatic carbocycles. The zero-order valence-electron chi connectivity index (χ0n) is 11.5. The summed E-state index contributed by atoms with van der Waals surface area (Å²) in [5.41, 5.74) is 6.21. The van der Waals surface area contributed by atoms with E-state index in [0.29, 0.717) is 30.2 Å². The standard InChI is InChI=1S/C13H28N2O/c1-10-6-7-12(16-10)11(8-14)15(5)9-13(2,3)4/h10-12H,6-9,14H2,1-5H3. The van der Waals surface area contributed by atoms with Gasteiger partial charge in [0.25, 0.3) is 0 Å². The Balaban J connectivity index is 2.53. The molecule has 0 radical (unpaired) electrons. The number of likely N-dealkylation sites (N-methyl/N-ethyl adjacent to an activating group) is 1. The molecular formula is C13H28N2O. The summed E-state index contributed by atoms with van der Waals surface area (Å²) in [5, 5.41) is 0. The normalized spacial score (nSPS) is 28.7. The van der Waals surface area contributed by atoms with Gasteiger partial charge < -0.3 is 10.5 Å². The molecule has 0 aromatic carbocycles. The Labute approximate surface area is 100 Å². The van der Waals surface area contributed by atoms with Crippen molar-refractivity contribution in [3.8, 4) is 0 Å². The van der Waals surface area contributed by atoms with E-state index >= 15 is 0 Å². The first-order valence-corrected chi connectivity index (χ1v) is 6.39. The molecule has 0 bridgehead atoms. The lowest BCUT2D eigenvalue weighted by Gasteiger charge is -2.35. The van der Waals surface area contributed by atoms with Gasteiger partial charge in [0.1, 0.15) is 0 Å². The van der Waals surface area contributed by atoms with Crippen molar-refractivity contribution in [2.45, 2.75) is 58.8 Å². The van der Waals surface area contributed by atoms with Gasteiger partial charge in [-0.2, -0.15) is 0 Å². The Morgan fingerprint density at radius 2 is 2.00 bits per heavy atom. The Morgan fingerprint density at radius 1 is 1.38 bits per heavy atom. The molecule has 0 aromatic rings. The van der Waals surface area contributed by atoms with Crippen molar-refractivity contribution in [1.82, 2.24) is 4.90 Å². The van der Waals surface area contributed by atoms with Crippen molar-refractivity contribution in [1.29, 1.82) is 0 Å². The van der Waals surface area contributed by atoms with Gasteiger partial charge >= 0.3 is 0 Å². The lowest BCUT2D eigenvalue weighted by atomic mass is 9.94. The average molecular weight is 228 g/mol. The molecule has 16 heavy (non-hydrogen) atoms. The minimum absolute atomic E-state index is 0.312. The van der Waals surface area contributed by atoms with Crippen LogP contribution in [0.3, 0.4) is 0 Å². The highest BCUT2D eigenvalue weighted by Crippen LogP contribution is 2.25. The minimum Gasteiger partial charge on any atom is -0.374 e. The molecule has 1 aliphatic heterocycles. The fourth-order valence-electron chi connectivity index (χ4n) is 2.60. The summed E-state index contributed by atoms with van der Waals surface area (Å²) in [6, 6.07) is 0.365. The third-order valence-electron chi connectivity index (χ3n) is 3.23. The molecule has 3 atom stereocenters. The van der Waals surface area contributed by atoms with Gasteiger partial charge in [0, 0.05) is 19.1 Å². The molecule has 3 heteroatoms. The van der Waals surface area contributed by atoms with Gasteiger partial charge in [-0.1, -0.05) is 20.8 Å². The number of ether oxygens (including phenoxy) is 1. The Hall–Kier alpha value is -0.120. The molecule has 0 spiro atoms. The van der Waals surface area contributed by atoms with E-state index in [4.69, 9.17) is 10.5 Å². The highest BCUT2D eigenvalue weighted by molar-refractivity contribution is 4.86. The van der Waals surface area contributed by atoms with Crippen molar-refractivity contribution in [3.05, 3.63) is 0 Å². The van der Waals surface area contributed by atoms with Gasteiger partial charge in [-0.05, 0) is 32.2 Å². The van der Waals surface area contributed by atoms with E-state index in [1.165, 1.54) is 6.42 Å². The maximum absolute atomic E-state index is 5.93. The molecule has 1 rings (SSSR count). The Kier molecular flexibility index (Phi) is 4.77. The second-order valence-corrected chi connectivity index (χ2v) is 6.34. The summed E-state index contributed by atoms with van der Waals surface area (Å²) in [7, 11) is 2.16. The van der Waals surface area contributed by atoms with Crippen LogP contribution >= 0.6 is 0 Å². The van der Waals surface area contributed by atoms with Gasteiger partial charge in [0.2, 0.25) is 0 Å². The van der Waals surface area contributed by atoms with Crippen LogP contribution in [-0.2, 0) is 4.74 Å². The smallest absolute Gasteiger partial charge is 0.0746 e. The highest BCUT2D eigenvalue weighted by atomic mass is 16.5. The van der Waals surface area contributed by atoms with E-state index in [0.717, 1.165) is 13.0 Å². The molecule has 96 valence electrons. The van der Waals surface area contributed by atoms with E-state index < -0.39 is 0 Å². The fraction of sp³-hybridized carbons (Fsp3) is 1.00. The molecule has 0 amide bonds. The lowest BCUT2D eigenvalue weighted by molar-refractivity contribution is -0.00418. The maximum atomic E-state index is 5.93. The zero-order valence-corrected chi connectivity index (χ0v) is 11.5. The van der Waals surface area contributed by atoms with Crippen LogP contribution in [0.25, 0.3) is 0 Å². The van der Waals surface area contributed by atoms with Gasteiger partial charge in [-0.15, -0.1) is 0 Å². The number of nitrogens with zero attached hydrogens (tertiary/aromatic N) is 1.